The van der Waals surface area contributed by atoms with E-state index < -0.39 is 26.4 Å². The fourth-order valence-corrected chi connectivity index (χ4v) is 5.08. The zero-order valence-electron chi connectivity index (χ0n) is 17.9. The van der Waals surface area contributed by atoms with Crippen molar-refractivity contribution in [2.24, 2.45) is 0 Å². The van der Waals surface area contributed by atoms with E-state index in [2.05, 4.69) is 0 Å². The average molecular weight is 477 g/mol. The maximum Gasteiger partial charge on any atom is 0.539 e. The van der Waals surface area contributed by atoms with E-state index in [0.717, 1.165) is 22.3 Å². The predicted octanol–water partition coefficient (Wildman–Crippen LogP) is 3.84. The SMILES string of the molecule is O=C(O)C1Cc2cc(O[P+](=O)[O-])ccc2CN1C(=O)OCC1c2ccccc2-c2ccccc21. The van der Waals surface area contributed by atoms with Gasteiger partial charge in [-0.2, -0.15) is 0 Å². The van der Waals surface area contributed by atoms with Gasteiger partial charge in [-0.25, -0.2) is 9.59 Å². The number of carboxylic acid groups (broad SMARTS) is 1. The molecule has 1 amide bonds. The quantitative estimate of drug-likeness (QED) is 0.555. The van der Waals surface area contributed by atoms with Gasteiger partial charge in [-0.15, -0.1) is 0 Å². The second-order valence-corrected chi connectivity index (χ2v) is 8.87. The molecule has 0 aromatic heterocycles. The Kier molecular flexibility index (Phi) is 5.77. The van der Waals surface area contributed by atoms with Crippen molar-refractivity contribution < 1.29 is 33.4 Å². The lowest BCUT2D eigenvalue weighted by atomic mass is 9.94. The minimum atomic E-state index is -3.08. The molecule has 1 N–H and O–H groups in total. The molecule has 2 atom stereocenters. The number of aliphatic carboxylic acids is 1. The molecule has 172 valence electrons. The zero-order valence-corrected chi connectivity index (χ0v) is 18.8. The Morgan fingerprint density at radius 3 is 2.26 bits per heavy atom. The number of benzene rings is 3. The number of ether oxygens (including phenoxy) is 1. The van der Waals surface area contributed by atoms with Crippen LogP contribution in [0.5, 0.6) is 5.75 Å². The van der Waals surface area contributed by atoms with Crippen molar-refractivity contribution in [2.75, 3.05) is 6.61 Å². The molecule has 0 bridgehead atoms. The Balaban J connectivity index is 1.35. The van der Waals surface area contributed by atoms with Crippen LogP contribution in [0.25, 0.3) is 11.1 Å². The normalized spacial score (nSPS) is 16.8. The van der Waals surface area contributed by atoms with Crippen LogP contribution < -0.4 is 9.42 Å². The molecular weight excluding hydrogens is 457 g/mol. The van der Waals surface area contributed by atoms with Gasteiger partial charge in [-0.3, -0.25) is 9.42 Å². The number of nitrogens with zero attached hydrogens (tertiary/aromatic N) is 1. The Morgan fingerprint density at radius 1 is 1.00 bits per heavy atom. The first-order valence-electron chi connectivity index (χ1n) is 10.7. The molecule has 2 unspecified atom stereocenters. The lowest BCUT2D eigenvalue weighted by Gasteiger charge is -2.34. The summed E-state index contributed by atoms with van der Waals surface area (Å²) in [5.41, 5.74) is 5.67. The summed E-state index contributed by atoms with van der Waals surface area (Å²) in [6.45, 7) is 0.124. The first-order chi connectivity index (χ1) is 16.4. The molecule has 1 heterocycles. The Morgan fingerprint density at radius 2 is 1.65 bits per heavy atom. The van der Waals surface area contributed by atoms with Crippen LogP contribution in [0.1, 0.15) is 28.2 Å². The summed E-state index contributed by atoms with van der Waals surface area (Å²) in [4.78, 5) is 37.0. The standard InChI is InChI=1S/C25H20NO7P/c27-24(28)23-12-16-11-17(33-34(30)31)10-9-15(16)13-26(23)25(29)32-14-22-20-7-3-1-5-18(20)19-6-2-4-8-21(19)22/h1-11,22-23H,12-14H2,(H,27,28). The number of fused-ring (bicyclic) bond motifs is 4. The summed E-state index contributed by atoms with van der Waals surface area (Å²) in [6, 6.07) is 19.4. The highest BCUT2D eigenvalue weighted by atomic mass is 31.1. The van der Waals surface area contributed by atoms with E-state index in [1.165, 1.54) is 17.0 Å². The third-order valence-electron chi connectivity index (χ3n) is 6.34. The minimum absolute atomic E-state index is 0.0156. The van der Waals surface area contributed by atoms with Gasteiger partial charge in [0.05, 0.1) is 6.54 Å². The maximum atomic E-state index is 13.1. The minimum Gasteiger partial charge on any atom is -0.558 e. The smallest absolute Gasteiger partial charge is 0.539 e. The van der Waals surface area contributed by atoms with Crippen LogP contribution >= 0.6 is 8.25 Å². The zero-order chi connectivity index (χ0) is 23.8. The molecule has 3 aromatic carbocycles. The predicted molar refractivity (Wildman–Crippen MR) is 120 cm³/mol. The van der Waals surface area contributed by atoms with Crippen LogP contribution in [0.4, 0.5) is 4.79 Å². The number of carbonyl (C=O) groups excluding carboxylic acids is 1. The van der Waals surface area contributed by atoms with Gasteiger partial charge in [0, 0.05) is 12.3 Å². The third-order valence-corrected chi connectivity index (χ3v) is 6.70. The van der Waals surface area contributed by atoms with Crippen molar-refractivity contribution in [1.82, 2.24) is 4.90 Å². The van der Waals surface area contributed by atoms with E-state index in [0.29, 0.717) is 11.1 Å². The largest absolute Gasteiger partial charge is 0.558 e. The maximum absolute atomic E-state index is 13.1. The number of amides is 1. The summed E-state index contributed by atoms with van der Waals surface area (Å²) >= 11 is 0. The van der Waals surface area contributed by atoms with Crippen LogP contribution in [-0.2, 0) is 27.1 Å². The van der Waals surface area contributed by atoms with Crippen LogP contribution in [0.3, 0.4) is 0 Å². The summed E-state index contributed by atoms with van der Waals surface area (Å²) in [7, 11) is -3.08. The van der Waals surface area contributed by atoms with Crippen molar-refractivity contribution >= 4 is 20.3 Å². The highest BCUT2D eigenvalue weighted by Gasteiger charge is 2.37. The van der Waals surface area contributed by atoms with Crippen molar-refractivity contribution in [2.45, 2.75) is 24.9 Å². The topological polar surface area (TPSA) is 116 Å². The molecule has 1 aliphatic heterocycles. The van der Waals surface area contributed by atoms with E-state index in [1.54, 1.807) is 6.07 Å². The highest BCUT2D eigenvalue weighted by Crippen LogP contribution is 2.44. The molecule has 9 heteroatoms. The van der Waals surface area contributed by atoms with E-state index >= 15 is 0 Å². The molecule has 0 saturated carbocycles. The highest BCUT2D eigenvalue weighted by molar-refractivity contribution is 7.31. The van der Waals surface area contributed by atoms with E-state index in [4.69, 9.17) is 9.26 Å². The van der Waals surface area contributed by atoms with Gasteiger partial charge in [0.2, 0.25) is 0 Å². The Labute approximate surface area is 196 Å². The summed E-state index contributed by atoms with van der Waals surface area (Å²) in [5.74, 6) is -1.19. The number of rotatable bonds is 5. The van der Waals surface area contributed by atoms with Crippen LogP contribution in [0, 0.1) is 0 Å². The number of carboxylic acids is 1. The molecule has 34 heavy (non-hydrogen) atoms. The van der Waals surface area contributed by atoms with Crippen molar-refractivity contribution in [1.29, 1.82) is 0 Å². The molecule has 8 nitrogen and oxygen atoms in total. The monoisotopic (exact) mass is 477 g/mol. The van der Waals surface area contributed by atoms with Crippen LogP contribution in [-0.4, -0.2) is 34.7 Å². The van der Waals surface area contributed by atoms with Gasteiger partial charge < -0.3 is 14.7 Å². The molecule has 5 rings (SSSR count). The van der Waals surface area contributed by atoms with Gasteiger partial charge in [0.25, 0.3) is 0 Å². The van der Waals surface area contributed by atoms with Crippen LogP contribution in [0.2, 0.25) is 0 Å². The van der Waals surface area contributed by atoms with Crippen molar-refractivity contribution in [3.8, 4) is 16.9 Å². The number of carbonyl (C=O) groups is 2. The van der Waals surface area contributed by atoms with Gasteiger partial charge in [0.15, 0.2) is 5.75 Å². The summed E-state index contributed by atoms with van der Waals surface area (Å²) in [5, 5.41) is 9.76. The number of hydrogen-bond donors (Lipinski definition) is 1. The van der Waals surface area contributed by atoms with Crippen LogP contribution in [0.15, 0.2) is 66.7 Å². The van der Waals surface area contributed by atoms with Crippen molar-refractivity contribution in [3.05, 3.63) is 89.0 Å². The van der Waals surface area contributed by atoms with Gasteiger partial charge >= 0.3 is 20.3 Å². The molecule has 0 spiro atoms. The van der Waals surface area contributed by atoms with E-state index in [-0.39, 0.29) is 31.2 Å². The lowest BCUT2D eigenvalue weighted by molar-refractivity contribution is -0.178. The molecular formula is C25H20NO7P. The second kappa shape index (κ2) is 8.89. The first-order valence-corrected chi connectivity index (χ1v) is 11.8. The van der Waals surface area contributed by atoms with Crippen molar-refractivity contribution in [3.63, 3.8) is 0 Å². The van der Waals surface area contributed by atoms with Gasteiger partial charge in [-0.05, 0) is 50.1 Å². The first kappa shape index (κ1) is 22.1. The molecule has 1 aliphatic carbocycles. The Hall–Kier alpha value is -3.74. The number of hydrogen-bond acceptors (Lipinski definition) is 6. The molecule has 0 saturated heterocycles. The molecule has 0 radical (unpaired) electrons. The molecule has 3 aromatic rings. The third kappa shape index (κ3) is 4.02. The fourth-order valence-electron chi connectivity index (χ4n) is 4.79. The van der Waals surface area contributed by atoms with Gasteiger partial charge in [0.1, 0.15) is 12.6 Å². The molecule has 0 fully saturated rings. The molecule has 2 aliphatic rings. The van der Waals surface area contributed by atoms with E-state index in [1.807, 2.05) is 48.5 Å². The fraction of sp³-hybridized carbons (Fsp3) is 0.200. The van der Waals surface area contributed by atoms with Gasteiger partial charge in [-0.1, -0.05) is 54.6 Å². The van der Waals surface area contributed by atoms with E-state index in [9.17, 15) is 24.2 Å². The lowest BCUT2D eigenvalue weighted by Crippen LogP contribution is -2.49. The average Bonchev–Trinajstić information content (AvgIpc) is 3.15. The summed E-state index contributed by atoms with van der Waals surface area (Å²) in [6.07, 6.45) is -0.690. The summed E-state index contributed by atoms with van der Waals surface area (Å²) < 4.78 is 21.2. The Bertz CT molecular complexity index is 1260. The second-order valence-electron chi connectivity index (χ2n) is 8.24.